The highest BCUT2D eigenvalue weighted by Crippen LogP contribution is 2.19. The number of carbonyl (C=O) groups is 1. The van der Waals surface area contributed by atoms with Gasteiger partial charge in [0.1, 0.15) is 0 Å². The summed E-state index contributed by atoms with van der Waals surface area (Å²) in [5.74, 6) is 0.642. The van der Waals surface area contributed by atoms with Crippen molar-refractivity contribution >= 4 is 11.6 Å². The number of aryl methyl sites for hydroxylation is 1. The van der Waals surface area contributed by atoms with Crippen molar-refractivity contribution in [2.75, 3.05) is 5.32 Å². The van der Waals surface area contributed by atoms with Crippen LogP contribution >= 0.6 is 0 Å². The molecular weight excluding hydrogens is 292 g/mol. The second-order valence-electron chi connectivity index (χ2n) is 4.85. The fraction of sp³-hybridized carbons (Fsp3) is 0.0588. The van der Waals surface area contributed by atoms with E-state index in [1.165, 1.54) is 0 Å². The first-order valence-electron chi connectivity index (χ1n) is 6.88. The van der Waals surface area contributed by atoms with Gasteiger partial charge < -0.3 is 9.73 Å². The van der Waals surface area contributed by atoms with Crippen LogP contribution in [0.25, 0.3) is 11.5 Å². The highest BCUT2D eigenvalue weighted by molar-refractivity contribution is 6.04. The normalized spacial score (nSPS) is 10.1. The molecular formula is C17H12N4O2. The first kappa shape index (κ1) is 14.5. The van der Waals surface area contributed by atoms with E-state index in [-0.39, 0.29) is 5.91 Å². The molecule has 0 bridgehead atoms. The van der Waals surface area contributed by atoms with Crippen LogP contribution in [0.5, 0.6) is 0 Å². The molecule has 0 saturated heterocycles. The number of amides is 1. The molecule has 1 heterocycles. The molecule has 0 spiro atoms. The minimum absolute atomic E-state index is 0.256. The van der Waals surface area contributed by atoms with Gasteiger partial charge in [-0.1, -0.05) is 6.07 Å². The maximum atomic E-state index is 12.2. The van der Waals surface area contributed by atoms with Gasteiger partial charge in [-0.05, 0) is 42.5 Å². The highest BCUT2D eigenvalue weighted by Gasteiger charge is 2.09. The molecule has 0 aliphatic heterocycles. The van der Waals surface area contributed by atoms with Crippen LogP contribution in [0.2, 0.25) is 0 Å². The van der Waals surface area contributed by atoms with E-state index in [1.54, 1.807) is 55.5 Å². The Balaban J connectivity index is 1.76. The third-order valence-electron chi connectivity index (χ3n) is 3.17. The molecule has 0 atom stereocenters. The van der Waals surface area contributed by atoms with Crippen LogP contribution in [0.1, 0.15) is 21.8 Å². The zero-order valence-electron chi connectivity index (χ0n) is 12.3. The van der Waals surface area contributed by atoms with E-state index in [0.29, 0.717) is 28.6 Å². The highest BCUT2D eigenvalue weighted by atomic mass is 16.4. The number of hydrogen-bond acceptors (Lipinski definition) is 5. The van der Waals surface area contributed by atoms with Gasteiger partial charge in [0, 0.05) is 23.7 Å². The minimum atomic E-state index is -0.256. The van der Waals surface area contributed by atoms with Gasteiger partial charge in [0.25, 0.3) is 5.91 Å². The largest absolute Gasteiger partial charge is 0.421 e. The van der Waals surface area contributed by atoms with Crippen molar-refractivity contribution in [3.63, 3.8) is 0 Å². The standard InChI is InChI=1S/C17H12N4O2/c1-11-20-21-17(23-11)14-7-5-13(6-8-14)16(22)19-15-4-2-3-12(9-15)10-18/h2-9H,1H3,(H,19,22). The summed E-state index contributed by atoms with van der Waals surface area (Å²) in [6.45, 7) is 1.72. The summed E-state index contributed by atoms with van der Waals surface area (Å²) >= 11 is 0. The van der Waals surface area contributed by atoms with Crippen LogP contribution in [0.3, 0.4) is 0 Å². The van der Waals surface area contributed by atoms with Crippen LogP contribution < -0.4 is 5.32 Å². The summed E-state index contributed by atoms with van der Waals surface area (Å²) in [4.78, 5) is 12.2. The summed E-state index contributed by atoms with van der Waals surface area (Å²) in [6, 6.07) is 15.6. The van der Waals surface area contributed by atoms with Crippen LogP contribution in [-0.4, -0.2) is 16.1 Å². The minimum Gasteiger partial charge on any atom is -0.421 e. The second kappa shape index (κ2) is 6.12. The maximum Gasteiger partial charge on any atom is 0.255 e. The van der Waals surface area contributed by atoms with Crippen molar-refractivity contribution in [1.82, 2.24) is 10.2 Å². The van der Waals surface area contributed by atoms with Gasteiger partial charge in [-0.25, -0.2) is 0 Å². The predicted octanol–water partition coefficient (Wildman–Crippen LogP) is 3.17. The molecule has 1 amide bonds. The molecule has 0 aliphatic carbocycles. The van der Waals surface area contributed by atoms with E-state index in [4.69, 9.17) is 9.68 Å². The molecule has 0 fully saturated rings. The quantitative estimate of drug-likeness (QED) is 0.802. The third-order valence-corrected chi connectivity index (χ3v) is 3.17. The number of nitriles is 1. The maximum absolute atomic E-state index is 12.2. The lowest BCUT2D eigenvalue weighted by atomic mass is 10.1. The lowest BCUT2D eigenvalue weighted by molar-refractivity contribution is 0.102. The molecule has 0 unspecified atom stereocenters. The van der Waals surface area contributed by atoms with E-state index in [1.807, 2.05) is 6.07 Å². The summed E-state index contributed by atoms with van der Waals surface area (Å²) < 4.78 is 5.34. The van der Waals surface area contributed by atoms with E-state index in [2.05, 4.69) is 15.5 Å². The van der Waals surface area contributed by atoms with Gasteiger partial charge in [0.05, 0.1) is 11.6 Å². The molecule has 0 radical (unpaired) electrons. The summed E-state index contributed by atoms with van der Waals surface area (Å²) in [6.07, 6.45) is 0. The Labute approximate surface area is 132 Å². The van der Waals surface area contributed by atoms with Gasteiger partial charge in [-0.15, -0.1) is 10.2 Å². The molecule has 0 aliphatic rings. The van der Waals surface area contributed by atoms with Crippen molar-refractivity contribution in [2.24, 2.45) is 0 Å². The van der Waals surface area contributed by atoms with Gasteiger partial charge in [-0.2, -0.15) is 5.26 Å². The number of carbonyl (C=O) groups excluding carboxylic acids is 1. The summed E-state index contributed by atoms with van der Waals surface area (Å²) in [5.41, 5.74) is 2.30. The van der Waals surface area contributed by atoms with E-state index in [0.717, 1.165) is 5.56 Å². The Hall–Kier alpha value is -3.46. The Morgan fingerprint density at radius 2 is 1.96 bits per heavy atom. The first-order valence-corrected chi connectivity index (χ1v) is 6.88. The van der Waals surface area contributed by atoms with Gasteiger partial charge in [0.2, 0.25) is 11.8 Å². The van der Waals surface area contributed by atoms with E-state index >= 15 is 0 Å². The molecule has 1 aromatic heterocycles. The van der Waals surface area contributed by atoms with E-state index < -0.39 is 0 Å². The molecule has 3 rings (SSSR count). The average molecular weight is 304 g/mol. The molecule has 6 nitrogen and oxygen atoms in total. The zero-order chi connectivity index (χ0) is 16.2. The smallest absolute Gasteiger partial charge is 0.255 e. The lowest BCUT2D eigenvalue weighted by Gasteiger charge is -2.05. The van der Waals surface area contributed by atoms with Crippen LogP contribution in [-0.2, 0) is 0 Å². The van der Waals surface area contributed by atoms with E-state index in [9.17, 15) is 4.79 Å². The predicted molar refractivity (Wildman–Crippen MR) is 83.6 cm³/mol. The third kappa shape index (κ3) is 3.24. The molecule has 3 aromatic rings. The van der Waals surface area contributed by atoms with Crippen LogP contribution in [0.15, 0.2) is 52.9 Å². The Morgan fingerprint density at radius 3 is 2.61 bits per heavy atom. The number of aromatic nitrogens is 2. The fourth-order valence-corrected chi connectivity index (χ4v) is 2.05. The van der Waals surface area contributed by atoms with Crippen LogP contribution in [0.4, 0.5) is 5.69 Å². The molecule has 0 saturated carbocycles. The number of nitrogens with one attached hydrogen (secondary N) is 1. The first-order chi connectivity index (χ1) is 11.2. The Bertz CT molecular complexity index is 891. The number of hydrogen-bond donors (Lipinski definition) is 1. The van der Waals surface area contributed by atoms with Gasteiger partial charge in [-0.3, -0.25) is 4.79 Å². The molecule has 23 heavy (non-hydrogen) atoms. The van der Waals surface area contributed by atoms with Gasteiger partial charge >= 0.3 is 0 Å². The second-order valence-corrected chi connectivity index (χ2v) is 4.85. The molecule has 112 valence electrons. The average Bonchev–Trinajstić information content (AvgIpc) is 3.01. The van der Waals surface area contributed by atoms with Crippen molar-refractivity contribution in [1.29, 1.82) is 5.26 Å². The van der Waals surface area contributed by atoms with Crippen molar-refractivity contribution in [3.05, 3.63) is 65.5 Å². The molecule has 6 heteroatoms. The lowest BCUT2D eigenvalue weighted by Crippen LogP contribution is -2.11. The van der Waals surface area contributed by atoms with Crippen molar-refractivity contribution in [3.8, 4) is 17.5 Å². The Morgan fingerprint density at radius 1 is 1.17 bits per heavy atom. The summed E-state index contributed by atoms with van der Waals surface area (Å²) in [7, 11) is 0. The molecule has 1 N–H and O–H groups in total. The number of benzene rings is 2. The fourth-order valence-electron chi connectivity index (χ4n) is 2.05. The SMILES string of the molecule is Cc1nnc(-c2ccc(C(=O)Nc3cccc(C#N)c3)cc2)o1. The number of nitrogens with zero attached hydrogens (tertiary/aromatic N) is 3. The van der Waals surface area contributed by atoms with Crippen molar-refractivity contribution in [2.45, 2.75) is 6.92 Å². The zero-order valence-corrected chi connectivity index (χ0v) is 12.3. The summed E-state index contributed by atoms with van der Waals surface area (Å²) in [5, 5.41) is 19.3. The number of rotatable bonds is 3. The topological polar surface area (TPSA) is 91.8 Å². The number of anilines is 1. The monoisotopic (exact) mass is 304 g/mol. The van der Waals surface area contributed by atoms with Crippen molar-refractivity contribution < 1.29 is 9.21 Å². The molecule has 2 aromatic carbocycles. The van der Waals surface area contributed by atoms with Gasteiger partial charge in [0.15, 0.2) is 0 Å². The van der Waals surface area contributed by atoms with Crippen LogP contribution in [0, 0.1) is 18.3 Å². The Kier molecular flexibility index (Phi) is 3.85.